The van der Waals surface area contributed by atoms with Crippen molar-refractivity contribution < 1.29 is 0 Å². The topological polar surface area (TPSA) is 0 Å². The second-order valence-corrected chi connectivity index (χ2v) is 4.08. The van der Waals surface area contributed by atoms with Gasteiger partial charge in [-0.05, 0) is 18.9 Å². The van der Waals surface area contributed by atoms with Gasteiger partial charge in [-0.1, -0.05) is 30.7 Å². The summed E-state index contributed by atoms with van der Waals surface area (Å²) in [5.74, 6) is 0.312. The van der Waals surface area contributed by atoms with Crippen molar-refractivity contribution in [3.05, 3.63) is 23.3 Å². The highest BCUT2D eigenvalue weighted by Crippen LogP contribution is 2.33. The average Bonchev–Trinajstić information content (AvgIpc) is 1.81. The normalized spacial score (nSPS) is 39.6. The van der Waals surface area contributed by atoms with E-state index in [1.54, 1.807) is 0 Å². The highest BCUT2D eigenvalue weighted by Gasteiger charge is 2.26. The molecule has 0 saturated heterocycles. The minimum absolute atomic E-state index is 0.252. The van der Waals surface area contributed by atoms with E-state index in [1.165, 1.54) is 0 Å². The van der Waals surface area contributed by atoms with E-state index >= 15 is 0 Å². The predicted molar refractivity (Wildman–Crippen MR) is 46.5 cm³/mol. The zero-order chi connectivity index (χ0) is 7.78. The smallest absolute Gasteiger partial charge is 0.0661 e. The van der Waals surface area contributed by atoms with Gasteiger partial charge in [-0.15, -0.1) is 11.6 Å². The van der Waals surface area contributed by atoms with Crippen LogP contribution in [0, 0.1) is 5.92 Å². The molecule has 1 rings (SSSR count). The summed E-state index contributed by atoms with van der Waals surface area (Å²) in [6, 6.07) is 0. The van der Waals surface area contributed by atoms with Crippen LogP contribution in [0.15, 0.2) is 23.3 Å². The fraction of sp³-hybridized carbons (Fsp3) is 0.500. The third-order valence-electron chi connectivity index (χ3n) is 1.87. The van der Waals surface area contributed by atoms with Crippen molar-refractivity contribution in [1.29, 1.82) is 0 Å². The van der Waals surface area contributed by atoms with Crippen LogP contribution in [0.3, 0.4) is 0 Å². The molecule has 2 heteroatoms. The van der Waals surface area contributed by atoms with Crippen LogP contribution >= 0.6 is 23.2 Å². The first-order chi connectivity index (χ1) is 4.52. The van der Waals surface area contributed by atoms with Gasteiger partial charge in [0.1, 0.15) is 0 Å². The Morgan fingerprint density at radius 1 is 1.60 bits per heavy atom. The molecule has 0 amide bonds. The molecule has 0 spiro atoms. The number of allylic oxidation sites excluding steroid dienone is 4. The van der Waals surface area contributed by atoms with Gasteiger partial charge in [-0.25, -0.2) is 0 Å². The maximum absolute atomic E-state index is 6.10. The Hall–Kier alpha value is 0.0600. The number of rotatable bonds is 0. The maximum Gasteiger partial charge on any atom is 0.0661 e. The summed E-state index contributed by atoms with van der Waals surface area (Å²) in [7, 11) is 0. The molecule has 0 aliphatic heterocycles. The lowest BCUT2D eigenvalue weighted by atomic mass is 9.91. The lowest BCUT2D eigenvalue weighted by Crippen LogP contribution is -2.23. The Morgan fingerprint density at radius 2 is 2.20 bits per heavy atom. The molecule has 0 saturated carbocycles. The molecule has 10 heavy (non-hydrogen) atoms. The van der Waals surface area contributed by atoms with Crippen molar-refractivity contribution in [2.24, 2.45) is 5.92 Å². The molecule has 0 aromatic carbocycles. The lowest BCUT2D eigenvalue weighted by Gasteiger charge is -2.26. The standard InChI is InChI=1S/C8H10Cl2/c1-6-5-7(9)3-4-8(6,2)10/h3-6H,1-2H3/t6-,8+/m1/s1. The lowest BCUT2D eigenvalue weighted by molar-refractivity contribution is 0.588. The summed E-state index contributed by atoms with van der Waals surface area (Å²) >= 11 is 11.9. The second kappa shape index (κ2) is 2.60. The highest BCUT2D eigenvalue weighted by atomic mass is 35.5. The van der Waals surface area contributed by atoms with E-state index in [-0.39, 0.29) is 4.87 Å². The fourth-order valence-electron chi connectivity index (χ4n) is 0.852. The number of hydrogen-bond donors (Lipinski definition) is 0. The van der Waals surface area contributed by atoms with Crippen molar-refractivity contribution in [3.8, 4) is 0 Å². The van der Waals surface area contributed by atoms with E-state index in [0.29, 0.717) is 5.92 Å². The van der Waals surface area contributed by atoms with E-state index in [2.05, 4.69) is 6.92 Å². The molecule has 56 valence electrons. The zero-order valence-corrected chi connectivity index (χ0v) is 7.58. The van der Waals surface area contributed by atoms with Crippen LogP contribution < -0.4 is 0 Å². The van der Waals surface area contributed by atoms with Crippen LogP contribution in [0.5, 0.6) is 0 Å². The van der Waals surface area contributed by atoms with Crippen LogP contribution in [0.2, 0.25) is 0 Å². The van der Waals surface area contributed by atoms with Gasteiger partial charge >= 0.3 is 0 Å². The Morgan fingerprint density at radius 3 is 2.60 bits per heavy atom. The average molecular weight is 177 g/mol. The molecule has 0 bridgehead atoms. The van der Waals surface area contributed by atoms with Crippen molar-refractivity contribution in [3.63, 3.8) is 0 Å². The van der Waals surface area contributed by atoms with Crippen LogP contribution in [-0.4, -0.2) is 4.87 Å². The van der Waals surface area contributed by atoms with Gasteiger partial charge in [0.2, 0.25) is 0 Å². The molecule has 0 fully saturated rings. The zero-order valence-electron chi connectivity index (χ0n) is 6.07. The minimum atomic E-state index is -0.252. The van der Waals surface area contributed by atoms with Crippen molar-refractivity contribution in [2.75, 3.05) is 0 Å². The second-order valence-electron chi connectivity index (χ2n) is 2.82. The van der Waals surface area contributed by atoms with Crippen molar-refractivity contribution >= 4 is 23.2 Å². The van der Waals surface area contributed by atoms with Gasteiger partial charge in [0, 0.05) is 5.03 Å². The predicted octanol–water partition coefficient (Wildman–Crippen LogP) is 3.31. The maximum atomic E-state index is 6.10. The molecular formula is C8H10Cl2. The van der Waals surface area contributed by atoms with Gasteiger partial charge in [0.25, 0.3) is 0 Å². The molecule has 0 aromatic heterocycles. The molecular weight excluding hydrogens is 167 g/mol. The highest BCUT2D eigenvalue weighted by molar-refractivity contribution is 6.32. The monoisotopic (exact) mass is 176 g/mol. The van der Waals surface area contributed by atoms with Crippen LogP contribution in [0.25, 0.3) is 0 Å². The van der Waals surface area contributed by atoms with E-state index < -0.39 is 0 Å². The summed E-state index contributed by atoms with van der Waals surface area (Å²) in [6.45, 7) is 4.04. The van der Waals surface area contributed by atoms with Crippen LogP contribution in [0.1, 0.15) is 13.8 Å². The molecule has 0 aromatic rings. The first kappa shape index (κ1) is 8.16. The Labute approximate surface area is 71.5 Å². The van der Waals surface area contributed by atoms with E-state index in [9.17, 15) is 0 Å². The SMILES string of the molecule is C[C@@H]1C=C(Cl)C=C[C@]1(C)Cl. The Balaban J connectivity index is 2.84. The Bertz CT molecular complexity index is 189. The molecule has 1 aliphatic carbocycles. The van der Waals surface area contributed by atoms with E-state index in [4.69, 9.17) is 23.2 Å². The summed E-state index contributed by atoms with van der Waals surface area (Å²) in [5, 5.41) is 0.783. The Kier molecular flexibility index (Phi) is 2.12. The van der Waals surface area contributed by atoms with Crippen molar-refractivity contribution in [1.82, 2.24) is 0 Å². The summed E-state index contributed by atoms with van der Waals surface area (Å²) < 4.78 is 0. The molecule has 1 aliphatic rings. The number of halogens is 2. The molecule has 2 atom stereocenters. The third-order valence-corrected chi connectivity index (χ3v) is 2.59. The summed E-state index contributed by atoms with van der Waals surface area (Å²) in [6.07, 6.45) is 5.74. The van der Waals surface area contributed by atoms with Crippen LogP contribution in [0.4, 0.5) is 0 Å². The molecule has 0 nitrogen and oxygen atoms in total. The van der Waals surface area contributed by atoms with Crippen molar-refractivity contribution in [2.45, 2.75) is 18.7 Å². The third kappa shape index (κ3) is 1.56. The minimum Gasteiger partial charge on any atom is -0.114 e. The van der Waals surface area contributed by atoms with Gasteiger partial charge in [0.15, 0.2) is 0 Å². The molecule has 0 unspecified atom stereocenters. The molecule has 0 heterocycles. The van der Waals surface area contributed by atoms with Gasteiger partial charge in [0.05, 0.1) is 4.87 Å². The van der Waals surface area contributed by atoms with Gasteiger partial charge in [-0.3, -0.25) is 0 Å². The molecule has 0 radical (unpaired) electrons. The first-order valence-electron chi connectivity index (χ1n) is 3.28. The largest absolute Gasteiger partial charge is 0.114 e. The van der Waals surface area contributed by atoms with Crippen LogP contribution in [-0.2, 0) is 0 Å². The first-order valence-corrected chi connectivity index (χ1v) is 4.03. The van der Waals surface area contributed by atoms with Gasteiger partial charge in [-0.2, -0.15) is 0 Å². The molecule has 0 N–H and O–H groups in total. The number of alkyl halides is 1. The quantitative estimate of drug-likeness (QED) is 0.498. The summed E-state index contributed by atoms with van der Waals surface area (Å²) in [5.41, 5.74) is 0. The van der Waals surface area contributed by atoms with E-state index in [0.717, 1.165) is 5.03 Å². The van der Waals surface area contributed by atoms with Gasteiger partial charge < -0.3 is 0 Å². The number of hydrogen-bond acceptors (Lipinski definition) is 0. The summed E-state index contributed by atoms with van der Waals surface area (Å²) in [4.78, 5) is -0.252. The fourth-order valence-corrected chi connectivity index (χ4v) is 1.23. The van der Waals surface area contributed by atoms with E-state index in [1.807, 2.05) is 25.2 Å².